The van der Waals surface area contributed by atoms with Crippen LogP contribution >= 0.6 is 27.5 Å². The summed E-state index contributed by atoms with van der Waals surface area (Å²) in [6.45, 7) is 1.93. The molecule has 1 aromatic heterocycles. The molecule has 1 heterocycles. The summed E-state index contributed by atoms with van der Waals surface area (Å²) >= 11 is 9.19. The third-order valence-corrected chi connectivity index (χ3v) is 3.17. The smallest absolute Gasteiger partial charge is 0.295 e. The van der Waals surface area contributed by atoms with Gasteiger partial charge in [-0.15, -0.1) is 5.10 Å². The van der Waals surface area contributed by atoms with Gasteiger partial charge in [0.2, 0.25) is 5.82 Å². The Morgan fingerprint density at radius 3 is 3.00 bits per heavy atom. The number of anilines is 1. The van der Waals surface area contributed by atoms with Gasteiger partial charge in [0.25, 0.3) is 5.91 Å². The quantitative estimate of drug-likeness (QED) is 0.909. The van der Waals surface area contributed by atoms with Gasteiger partial charge in [-0.05, 0) is 34.1 Å². The number of nitrogens with zero attached hydrogens (tertiary/aromatic N) is 2. The van der Waals surface area contributed by atoms with E-state index in [0.29, 0.717) is 23.0 Å². The van der Waals surface area contributed by atoms with Crippen LogP contribution in [0, 0.1) is 0 Å². The molecule has 7 heteroatoms. The molecule has 1 amide bonds. The summed E-state index contributed by atoms with van der Waals surface area (Å²) in [6.07, 6.45) is 0.696. The molecule has 0 aliphatic carbocycles. The van der Waals surface area contributed by atoms with Gasteiger partial charge in [0.1, 0.15) is 5.82 Å². The van der Waals surface area contributed by atoms with E-state index in [1.165, 1.54) is 0 Å². The molecule has 0 spiro atoms. The molecule has 94 valence electrons. The number of hydrogen-bond donors (Lipinski definition) is 2. The zero-order chi connectivity index (χ0) is 13.1. The number of aromatic nitrogens is 3. The van der Waals surface area contributed by atoms with Gasteiger partial charge in [0, 0.05) is 15.9 Å². The van der Waals surface area contributed by atoms with Crippen LogP contribution in [0.4, 0.5) is 5.69 Å². The van der Waals surface area contributed by atoms with Crippen molar-refractivity contribution in [1.29, 1.82) is 0 Å². The maximum atomic E-state index is 11.9. The highest BCUT2D eigenvalue weighted by Crippen LogP contribution is 2.26. The minimum Gasteiger partial charge on any atom is -0.318 e. The first-order chi connectivity index (χ1) is 8.60. The van der Waals surface area contributed by atoms with Gasteiger partial charge in [-0.2, -0.15) is 0 Å². The zero-order valence-electron chi connectivity index (χ0n) is 9.50. The molecule has 18 heavy (non-hydrogen) atoms. The van der Waals surface area contributed by atoms with Crippen LogP contribution in [-0.2, 0) is 6.42 Å². The molecule has 5 nitrogen and oxygen atoms in total. The molecule has 0 aliphatic rings. The summed E-state index contributed by atoms with van der Waals surface area (Å²) in [5, 5.41) is 9.76. The molecule has 2 N–H and O–H groups in total. The highest BCUT2D eigenvalue weighted by atomic mass is 79.9. The number of aryl methyl sites for hydroxylation is 1. The maximum Gasteiger partial charge on any atom is 0.295 e. The number of carbonyl (C=O) groups excluding carboxylic acids is 1. The number of hydrogen-bond acceptors (Lipinski definition) is 3. The van der Waals surface area contributed by atoms with Crippen LogP contribution in [-0.4, -0.2) is 21.1 Å². The van der Waals surface area contributed by atoms with E-state index in [2.05, 4.69) is 36.4 Å². The Balaban J connectivity index is 2.18. The summed E-state index contributed by atoms with van der Waals surface area (Å²) in [4.78, 5) is 15.9. The normalized spacial score (nSPS) is 10.4. The first kappa shape index (κ1) is 13.0. The van der Waals surface area contributed by atoms with Crippen LogP contribution in [0.5, 0.6) is 0 Å². The fourth-order valence-electron chi connectivity index (χ4n) is 1.33. The Kier molecular flexibility index (Phi) is 3.98. The highest BCUT2D eigenvalue weighted by molar-refractivity contribution is 9.10. The topological polar surface area (TPSA) is 70.7 Å². The lowest BCUT2D eigenvalue weighted by Gasteiger charge is -2.05. The van der Waals surface area contributed by atoms with E-state index in [1.54, 1.807) is 18.2 Å². The second kappa shape index (κ2) is 5.49. The highest BCUT2D eigenvalue weighted by Gasteiger charge is 2.13. The summed E-state index contributed by atoms with van der Waals surface area (Å²) < 4.78 is 0.742. The van der Waals surface area contributed by atoms with Gasteiger partial charge in [0.05, 0.1) is 5.69 Å². The number of H-pyrrole nitrogens is 1. The Labute approximate surface area is 117 Å². The van der Waals surface area contributed by atoms with E-state index >= 15 is 0 Å². The number of benzene rings is 1. The van der Waals surface area contributed by atoms with E-state index in [0.717, 1.165) is 4.47 Å². The van der Waals surface area contributed by atoms with Crippen LogP contribution in [0.15, 0.2) is 22.7 Å². The number of nitrogens with one attached hydrogen (secondary N) is 2. The van der Waals surface area contributed by atoms with Crippen molar-refractivity contribution in [3.05, 3.63) is 39.3 Å². The van der Waals surface area contributed by atoms with Crippen molar-refractivity contribution in [1.82, 2.24) is 15.2 Å². The molecule has 0 unspecified atom stereocenters. The monoisotopic (exact) mass is 328 g/mol. The molecule has 1 aromatic carbocycles. The van der Waals surface area contributed by atoms with Crippen molar-refractivity contribution in [2.45, 2.75) is 13.3 Å². The maximum absolute atomic E-state index is 11.9. The lowest BCUT2D eigenvalue weighted by Crippen LogP contribution is -2.14. The standard InChI is InChI=1S/C11H10BrClN4O/c1-2-9-15-10(17-16-9)11(18)14-8-5-6(13)3-4-7(8)12/h3-5H,2H2,1H3,(H,14,18)(H,15,16,17). The average Bonchev–Trinajstić information content (AvgIpc) is 2.82. The van der Waals surface area contributed by atoms with E-state index < -0.39 is 0 Å². The first-order valence-corrected chi connectivity index (χ1v) is 6.45. The van der Waals surface area contributed by atoms with E-state index in [-0.39, 0.29) is 11.7 Å². The Bertz CT molecular complexity index is 584. The largest absolute Gasteiger partial charge is 0.318 e. The SMILES string of the molecule is CCc1nc(C(=O)Nc2cc(Cl)ccc2Br)n[nH]1. The van der Waals surface area contributed by atoms with E-state index in [9.17, 15) is 4.79 Å². The van der Waals surface area contributed by atoms with Crippen molar-refractivity contribution in [3.63, 3.8) is 0 Å². The van der Waals surface area contributed by atoms with Crippen LogP contribution in [0.3, 0.4) is 0 Å². The number of amides is 1. The third-order valence-electron chi connectivity index (χ3n) is 2.25. The first-order valence-electron chi connectivity index (χ1n) is 5.28. The molecule has 0 saturated carbocycles. The van der Waals surface area contributed by atoms with Gasteiger partial charge < -0.3 is 5.32 Å². The number of halogens is 2. The zero-order valence-corrected chi connectivity index (χ0v) is 11.8. The predicted octanol–water partition coefficient (Wildman–Crippen LogP) is 3.04. The second-order valence-electron chi connectivity index (χ2n) is 3.54. The summed E-state index contributed by atoms with van der Waals surface area (Å²) in [5.41, 5.74) is 0.579. The van der Waals surface area contributed by atoms with Gasteiger partial charge in [0.15, 0.2) is 0 Å². The molecular formula is C11H10BrClN4O. The minimum atomic E-state index is -0.381. The lowest BCUT2D eigenvalue weighted by molar-refractivity contribution is 0.101. The lowest BCUT2D eigenvalue weighted by atomic mass is 10.3. The van der Waals surface area contributed by atoms with Gasteiger partial charge in [-0.25, -0.2) is 4.98 Å². The summed E-state index contributed by atoms with van der Waals surface area (Å²) in [5.74, 6) is 0.401. The average molecular weight is 330 g/mol. The molecule has 0 aliphatic heterocycles. The fourth-order valence-corrected chi connectivity index (χ4v) is 1.84. The van der Waals surface area contributed by atoms with Crippen molar-refractivity contribution in [3.8, 4) is 0 Å². The number of rotatable bonds is 3. The van der Waals surface area contributed by atoms with Crippen molar-refractivity contribution < 1.29 is 4.79 Å². The van der Waals surface area contributed by atoms with Crippen molar-refractivity contribution in [2.24, 2.45) is 0 Å². The Morgan fingerprint density at radius 1 is 1.56 bits per heavy atom. The molecule has 0 atom stereocenters. The van der Waals surface area contributed by atoms with Crippen molar-refractivity contribution >= 4 is 39.1 Å². The molecule has 0 radical (unpaired) electrons. The third kappa shape index (κ3) is 2.88. The summed E-state index contributed by atoms with van der Waals surface area (Å²) in [7, 11) is 0. The molecule has 2 rings (SSSR count). The number of aromatic amines is 1. The van der Waals surface area contributed by atoms with Crippen LogP contribution < -0.4 is 5.32 Å². The van der Waals surface area contributed by atoms with E-state index in [4.69, 9.17) is 11.6 Å². The van der Waals surface area contributed by atoms with Gasteiger partial charge in [-0.1, -0.05) is 18.5 Å². The van der Waals surface area contributed by atoms with Crippen LogP contribution in [0.2, 0.25) is 5.02 Å². The van der Waals surface area contributed by atoms with Crippen LogP contribution in [0.25, 0.3) is 0 Å². The Hall–Kier alpha value is -1.40. The summed E-state index contributed by atoms with van der Waals surface area (Å²) in [6, 6.07) is 5.13. The molecule has 2 aromatic rings. The fraction of sp³-hybridized carbons (Fsp3) is 0.182. The minimum absolute atomic E-state index is 0.110. The Morgan fingerprint density at radius 2 is 2.33 bits per heavy atom. The van der Waals surface area contributed by atoms with E-state index in [1.807, 2.05) is 6.92 Å². The van der Waals surface area contributed by atoms with Crippen LogP contribution in [0.1, 0.15) is 23.4 Å². The molecule has 0 saturated heterocycles. The molecular weight excluding hydrogens is 320 g/mol. The second-order valence-corrected chi connectivity index (χ2v) is 4.83. The van der Waals surface area contributed by atoms with Crippen molar-refractivity contribution in [2.75, 3.05) is 5.32 Å². The molecule has 0 fully saturated rings. The van der Waals surface area contributed by atoms with Gasteiger partial charge >= 0.3 is 0 Å². The number of carbonyl (C=O) groups is 1. The van der Waals surface area contributed by atoms with Gasteiger partial charge in [-0.3, -0.25) is 9.89 Å². The molecule has 0 bridgehead atoms. The predicted molar refractivity (Wildman–Crippen MR) is 72.9 cm³/mol.